The van der Waals surface area contributed by atoms with Gasteiger partial charge in [0.1, 0.15) is 0 Å². The van der Waals surface area contributed by atoms with Crippen LogP contribution >= 0.6 is 0 Å². The Hall–Kier alpha value is -6.88. The fourth-order valence-electron chi connectivity index (χ4n) is 7.23. The first-order chi connectivity index (χ1) is 23.7. The molecule has 4 heteroatoms. The minimum Gasteiger partial charge on any atom is -0.309 e. The van der Waals surface area contributed by atoms with Gasteiger partial charge < -0.3 is 9.13 Å². The zero-order valence-corrected chi connectivity index (χ0v) is 25.8. The van der Waals surface area contributed by atoms with Crippen molar-refractivity contribution < 1.29 is 0 Å². The van der Waals surface area contributed by atoms with Gasteiger partial charge in [0.25, 0.3) is 0 Å². The van der Waals surface area contributed by atoms with E-state index < -0.39 is 0 Å². The lowest BCUT2D eigenvalue weighted by atomic mass is 9.95. The fraction of sp³-hybridized carbons (Fsp3) is 0. The standard InChI is InChI=1S/C44H26N4/c45-27-29-17-22-44-39(25-29)38-12-4-8-16-43(38)48(44)40-13-5-1-9-35(40)33-24-30(28-46)23-32(26-33)31-18-20-34(21-19-31)47-41-14-6-2-10-36(41)37-11-3-7-15-42(37)47/h1-26H. The van der Waals surface area contributed by atoms with Crippen LogP contribution in [0.1, 0.15) is 11.1 Å². The van der Waals surface area contributed by atoms with Gasteiger partial charge in [-0.2, -0.15) is 10.5 Å². The van der Waals surface area contributed by atoms with Crippen molar-refractivity contribution in [3.8, 4) is 45.8 Å². The van der Waals surface area contributed by atoms with E-state index in [1.165, 1.54) is 21.8 Å². The first kappa shape index (κ1) is 27.4. The number of benzene rings is 7. The number of rotatable bonds is 4. The molecule has 0 fully saturated rings. The smallest absolute Gasteiger partial charge is 0.0992 e. The molecule has 222 valence electrons. The second kappa shape index (κ2) is 10.9. The van der Waals surface area contributed by atoms with Crippen LogP contribution in [0.4, 0.5) is 0 Å². The van der Waals surface area contributed by atoms with Gasteiger partial charge in [-0.1, -0.05) is 84.9 Å². The highest BCUT2D eigenvalue weighted by molar-refractivity contribution is 6.11. The van der Waals surface area contributed by atoms with Crippen molar-refractivity contribution >= 4 is 43.6 Å². The predicted octanol–water partition coefficient (Wildman–Crippen LogP) is 11.0. The zero-order valence-electron chi connectivity index (χ0n) is 25.8. The Bertz CT molecular complexity index is 2750. The van der Waals surface area contributed by atoms with Crippen molar-refractivity contribution in [1.29, 1.82) is 10.5 Å². The van der Waals surface area contributed by atoms with Crippen LogP contribution in [-0.4, -0.2) is 9.13 Å². The maximum absolute atomic E-state index is 10.2. The van der Waals surface area contributed by atoms with E-state index in [0.717, 1.165) is 55.4 Å². The molecular formula is C44H26N4. The Balaban J connectivity index is 1.19. The van der Waals surface area contributed by atoms with Gasteiger partial charge in [0.15, 0.2) is 0 Å². The van der Waals surface area contributed by atoms with Gasteiger partial charge in [0.2, 0.25) is 0 Å². The molecule has 2 heterocycles. The Morgan fingerprint density at radius 2 is 0.917 bits per heavy atom. The van der Waals surface area contributed by atoms with Crippen LogP contribution in [0.25, 0.3) is 77.2 Å². The van der Waals surface area contributed by atoms with Gasteiger partial charge in [-0.25, -0.2) is 0 Å². The highest BCUT2D eigenvalue weighted by Gasteiger charge is 2.17. The Morgan fingerprint density at radius 1 is 0.375 bits per heavy atom. The van der Waals surface area contributed by atoms with E-state index >= 15 is 0 Å². The molecular weight excluding hydrogens is 585 g/mol. The van der Waals surface area contributed by atoms with E-state index in [-0.39, 0.29) is 0 Å². The predicted molar refractivity (Wildman–Crippen MR) is 195 cm³/mol. The summed E-state index contributed by atoms with van der Waals surface area (Å²) >= 11 is 0. The molecule has 0 N–H and O–H groups in total. The summed E-state index contributed by atoms with van der Waals surface area (Å²) in [6, 6.07) is 59.0. The lowest BCUT2D eigenvalue weighted by Crippen LogP contribution is -1.97. The third-order valence-electron chi connectivity index (χ3n) is 9.36. The fourth-order valence-corrected chi connectivity index (χ4v) is 7.23. The van der Waals surface area contributed by atoms with Crippen LogP contribution in [0.3, 0.4) is 0 Å². The summed E-state index contributed by atoms with van der Waals surface area (Å²) < 4.78 is 4.58. The first-order valence-corrected chi connectivity index (χ1v) is 15.9. The number of aromatic nitrogens is 2. The van der Waals surface area contributed by atoms with Crippen molar-refractivity contribution in [2.45, 2.75) is 0 Å². The zero-order chi connectivity index (χ0) is 32.2. The minimum atomic E-state index is 0.602. The molecule has 0 atom stereocenters. The molecule has 4 nitrogen and oxygen atoms in total. The average molecular weight is 611 g/mol. The molecule has 0 aliphatic carbocycles. The maximum atomic E-state index is 10.2. The minimum absolute atomic E-state index is 0.602. The summed E-state index contributed by atoms with van der Waals surface area (Å²) in [6.07, 6.45) is 0. The highest BCUT2D eigenvalue weighted by atomic mass is 15.0. The van der Waals surface area contributed by atoms with Gasteiger partial charge in [-0.15, -0.1) is 0 Å². The SMILES string of the molecule is N#Cc1cc(-c2ccc(-n3c4ccccc4c4ccccc43)cc2)cc(-c2ccccc2-n2c3ccccc3c3cc(C#N)ccc32)c1. The summed E-state index contributed by atoms with van der Waals surface area (Å²) in [5, 5.41) is 24.4. The summed E-state index contributed by atoms with van der Waals surface area (Å²) in [5.41, 5.74) is 11.8. The lowest BCUT2D eigenvalue weighted by Gasteiger charge is -2.15. The summed E-state index contributed by atoms with van der Waals surface area (Å²) in [7, 11) is 0. The number of hydrogen-bond acceptors (Lipinski definition) is 2. The molecule has 0 saturated heterocycles. The molecule has 0 aliphatic rings. The van der Waals surface area contributed by atoms with Crippen molar-refractivity contribution in [3.05, 3.63) is 169 Å². The Morgan fingerprint density at radius 3 is 1.58 bits per heavy atom. The molecule has 7 aromatic carbocycles. The van der Waals surface area contributed by atoms with E-state index in [1.54, 1.807) is 0 Å². The summed E-state index contributed by atoms with van der Waals surface area (Å²) in [4.78, 5) is 0. The monoisotopic (exact) mass is 610 g/mol. The van der Waals surface area contributed by atoms with Crippen LogP contribution in [0.5, 0.6) is 0 Å². The Kier molecular flexibility index (Phi) is 6.22. The van der Waals surface area contributed by atoms with E-state index in [2.05, 4.69) is 124 Å². The molecule has 9 aromatic rings. The summed E-state index contributed by atoms with van der Waals surface area (Å²) in [5.74, 6) is 0. The van der Waals surface area contributed by atoms with Gasteiger partial charge in [0.05, 0.1) is 51.0 Å². The van der Waals surface area contributed by atoms with Crippen LogP contribution in [0, 0.1) is 22.7 Å². The number of fused-ring (bicyclic) bond motifs is 6. The molecule has 0 radical (unpaired) electrons. The number of nitriles is 2. The number of hydrogen-bond donors (Lipinski definition) is 0. The van der Waals surface area contributed by atoms with Crippen LogP contribution in [-0.2, 0) is 0 Å². The molecule has 0 amide bonds. The Labute approximate surface area is 277 Å². The van der Waals surface area contributed by atoms with Gasteiger partial charge in [-0.3, -0.25) is 0 Å². The quantitative estimate of drug-likeness (QED) is 0.199. The maximum Gasteiger partial charge on any atom is 0.0992 e. The van der Waals surface area contributed by atoms with Crippen molar-refractivity contribution in [2.75, 3.05) is 0 Å². The van der Waals surface area contributed by atoms with Crippen molar-refractivity contribution in [3.63, 3.8) is 0 Å². The third kappa shape index (κ3) is 4.22. The van der Waals surface area contributed by atoms with Crippen LogP contribution < -0.4 is 0 Å². The van der Waals surface area contributed by atoms with E-state index in [9.17, 15) is 10.5 Å². The second-order valence-electron chi connectivity index (χ2n) is 12.0. The third-order valence-corrected chi connectivity index (χ3v) is 9.36. The van der Waals surface area contributed by atoms with E-state index in [0.29, 0.717) is 11.1 Å². The van der Waals surface area contributed by atoms with Crippen LogP contribution in [0.15, 0.2) is 158 Å². The highest BCUT2D eigenvalue weighted by Crippen LogP contribution is 2.38. The number of nitrogens with zero attached hydrogens (tertiary/aromatic N) is 4. The molecule has 0 saturated carbocycles. The molecule has 0 unspecified atom stereocenters. The van der Waals surface area contributed by atoms with Crippen LogP contribution in [0.2, 0.25) is 0 Å². The van der Waals surface area contributed by atoms with Crippen molar-refractivity contribution in [1.82, 2.24) is 9.13 Å². The lowest BCUT2D eigenvalue weighted by molar-refractivity contribution is 1.18. The number of para-hydroxylation sites is 4. The van der Waals surface area contributed by atoms with Gasteiger partial charge in [0, 0.05) is 32.8 Å². The topological polar surface area (TPSA) is 57.4 Å². The van der Waals surface area contributed by atoms with Gasteiger partial charge in [-0.05, 0) is 89.5 Å². The van der Waals surface area contributed by atoms with Gasteiger partial charge >= 0.3 is 0 Å². The van der Waals surface area contributed by atoms with E-state index in [1.807, 2.05) is 54.6 Å². The summed E-state index contributed by atoms with van der Waals surface area (Å²) in [6.45, 7) is 0. The first-order valence-electron chi connectivity index (χ1n) is 15.9. The average Bonchev–Trinajstić information content (AvgIpc) is 3.67. The molecule has 0 aliphatic heterocycles. The molecule has 2 aromatic heterocycles. The largest absolute Gasteiger partial charge is 0.309 e. The molecule has 48 heavy (non-hydrogen) atoms. The molecule has 9 rings (SSSR count). The normalized spacial score (nSPS) is 11.3. The second-order valence-corrected chi connectivity index (χ2v) is 12.0. The van der Waals surface area contributed by atoms with E-state index in [4.69, 9.17) is 0 Å². The molecule has 0 bridgehead atoms. The molecule has 0 spiro atoms. The van der Waals surface area contributed by atoms with Crippen molar-refractivity contribution in [2.24, 2.45) is 0 Å².